The molecule has 0 unspecified atom stereocenters. The Morgan fingerprint density at radius 1 is 1.31 bits per heavy atom. The van der Waals surface area contributed by atoms with Crippen molar-refractivity contribution in [2.24, 2.45) is 0 Å². The molecule has 1 heteroatoms. The van der Waals surface area contributed by atoms with Gasteiger partial charge in [-0.1, -0.05) is 42.5 Å². The molecule has 0 aromatic heterocycles. The van der Waals surface area contributed by atoms with E-state index in [1.807, 2.05) is 0 Å². The minimum absolute atomic E-state index is 0.616. The maximum Gasteiger partial charge on any atom is 0.112 e. The van der Waals surface area contributed by atoms with Crippen LogP contribution in [-0.4, -0.2) is 0 Å². The third-order valence-electron chi connectivity index (χ3n) is 1.68. The lowest BCUT2D eigenvalue weighted by molar-refractivity contribution is 0.236. The van der Waals surface area contributed by atoms with Crippen LogP contribution in [0, 0.1) is 6.92 Å². The molecule has 68 valence electrons. The zero-order valence-electron chi connectivity index (χ0n) is 7.86. The molecule has 0 aliphatic heterocycles. The van der Waals surface area contributed by atoms with E-state index in [1.165, 1.54) is 11.1 Å². The number of aryl methyl sites for hydroxylation is 1. The largest absolute Gasteiger partial charge is 0.497 e. The highest BCUT2D eigenvalue weighted by Crippen LogP contribution is 2.04. The van der Waals surface area contributed by atoms with E-state index >= 15 is 0 Å². The monoisotopic (exact) mass is 174 g/mol. The number of rotatable bonds is 4. The zero-order chi connectivity index (χ0) is 9.52. The molecule has 0 bridgehead atoms. The molecule has 1 aromatic rings. The molecule has 0 saturated heterocycles. The molecular weight excluding hydrogens is 160 g/mol. The molecule has 1 rings (SSSR count). The first-order valence-corrected chi connectivity index (χ1v) is 4.27. The van der Waals surface area contributed by atoms with Crippen LogP contribution in [0.2, 0.25) is 0 Å². The Morgan fingerprint density at radius 2 is 2.00 bits per heavy atom. The number of hydrogen-bond donors (Lipinski definition) is 0. The van der Waals surface area contributed by atoms with Crippen molar-refractivity contribution in [3.05, 3.63) is 60.4 Å². The van der Waals surface area contributed by atoms with Crippen LogP contribution in [0.15, 0.2) is 49.3 Å². The van der Waals surface area contributed by atoms with Gasteiger partial charge in [0.05, 0.1) is 6.26 Å². The summed E-state index contributed by atoms with van der Waals surface area (Å²) in [6.45, 7) is 6.24. The van der Waals surface area contributed by atoms with Crippen LogP contribution in [0.4, 0.5) is 0 Å². The van der Waals surface area contributed by atoms with Gasteiger partial charge in [0.2, 0.25) is 0 Å². The second-order valence-electron chi connectivity index (χ2n) is 2.86. The highest BCUT2D eigenvalue weighted by molar-refractivity contribution is 5.20. The van der Waals surface area contributed by atoms with Crippen LogP contribution in [0.5, 0.6) is 0 Å². The van der Waals surface area contributed by atoms with Gasteiger partial charge in [0.15, 0.2) is 0 Å². The topological polar surface area (TPSA) is 9.23 Å². The third-order valence-corrected chi connectivity index (χ3v) is 1.68. The van der Waals surface area contributed by atoms with E-state index < -0.39 is 0 Å². The molecule has 0 spiro atoms. The Balaban J connectivity index is 2.41. The fraction of sp³-hybridized carbons (Fsp3) is 0.167. The fourth-order valence-electron chi connectivity index (χ4n) is 0.940. The number of ether oxygens (including phenoxy) is 1. The van der Waals surface area contributed by atoms with Gasteiger partial charge in [0, 0.05) is 0 Å². The van der Waals surface area contributed by atoms with Gasteiger partial charge in [0.1, 0.15) is 6.61 Å². The zero-order valence-corrected chi connectivity index (χ0v) is 7.86. The predicted molar refractivity (Wildman–Crippen MR) is 55.3 cm³/mol. The van der Waals surface area contributed by atoms with Crippen LogP contribution in [-0.2, 0) is 11.3 Å². The maximum atomic E-state index is 5.25. The van der Waals surface area contributed by atoms with Crippen molar-refractivity contribution in [2.75, 3.05) is 0 Å². The van der Waals surface area contributed by atoms with Crippen molar-refractivity contribution >= 4 is 0 Å². The summed E-state index contributed by atoms with van der Waals surface area (Å²) in [5.74, 6) is 0. The Labute approximate surface area is 79.4 Å². The molecule has 0 amide bonds. The van der Waals surface area contributed by atoms with Crippen LogP contribution in [0.3, 0.4) is 0 Å². The van der Waals surface area contributed by atoms with Gasteiger partial charge in [0.25, 0.3) is 0 Å². The summed E-state index contributed by atoms with van der Waals surface area (Å²) in [5, 5.41) is 0. The first-order chi connectivity index (χ1) is 6.33. The standard InChI is InChI=1S/C12H14O/c1-3-4-9-13-10-12-7-5-11(2)6-8-12/h3-9H,1,10H2,2H3. The fourth-order valence-corrected chi connectivity index (χ4v) is 0.940. The lowest BCUT2D eigenvalue weighted by Crippen LogP contribution is -1.85. The quantitative estimate of drug-likeness (QED) is 0.503. The molecule has 0 heterocycles. The van der Waals surface area contributed by atoms with Crippen molar-refractivity contribution in [2.45, 2.75) is 13.5 Å². The maximum absolute atomic E-state index is 5.25. The molecule has 0 radical (unpaired) electrons. The smallest absolute Gasteiger partial charge is 0.112 e. The van der Waals surface area contributed by atoms with Crippen LogP contribution >= 0.6 is 0 Å². The molecule has 0 aliphatic carbocycles. The summed E-state index contributed by atoms with van der Waals surface area (Å²) >= 11 is 0. The summed E-state index contributed by atoms with van der Waals surface area (Å²) in [5.41, 5.74) is 2.45. The van der Waals surface area contributed by atoms with Crippen molar-refractivity contribution < 1.29 is 4.74 Å². The van der Waals surface area contributed by atoms with Crippen molar-refractivity contribution in [3.8, 4) is 0 Å². The van der Waals surface area contributed by atoms with Gasteiger partial charge in [-0.15, -0.1) is 0 Å². The number of hydrogen-bond acceptors (Lipinski definition) is 1. The van der Waals surface area contributed by atoms with E-state index in [1.54, 1.807) is 18.4 Å². The summed E-state index contributed by atoms with van der Waals surface area (Å²) in [4.78, 5) is 0. The molecular formula is C12H14O. The Morgan fingerprint density at radius 3 is 2.62 bits per heavy atom. The summed E-state index contributed by atoms with van der Waals surface area (Å²) in [6, 6.07) is 8.29. The minimum Gasteiger partial charge on any atom is -0.497 e. The number of benzene rings is 1. The first-order valence-electron chi connectivity index (χ1n) is 4.27. The van der Waals surface area contributed by atoms with Gasteiger partial charge in [-0.2, -0.15) is 0 Å². The number of allylic oxidation sites excluding steroid dienone is 2. The first kappa shape index (κ1) is 9.59. The Bertz CT molecular complexity index is 282. The van der Waals surface area contributed by atoms with Gasteiger partial charge in [-0.25, -0.2) is 0 Å². The normalized spacial score (nSPS) is 10.2. The average Bonchev–Trinajstić information content (AvgIpc) is 2.15. The predicted octanol–water partition coefficient (Wildman–Crippen LogP) is 3.21. The highest BCUT2D eigenvalue weighted by Gasteiger charge is 1.89. The molecule has 13 heavy (non-hydrogen) atoms. The Kier molecular flexibility index (Phi) is 3.83. The van der Waals surface area contributed by atoms with Crippen LogP contribution in [0.1, 0.15) is 11.1 Å². The van der Waals surface area contributed by atoms with Crippen LogP contribution < -0.4 is 0 Å². The van der Waals surface area contributed by atoms with E-state index in [0.29, 0.717) is 6.61 Å². The summed E-state index contributed by atoms with van der Waals surface area (Å²) < 4.78 is 5.25. The minimum atomic E-state index is 0.616. The van der Waals surface area contributed by atoms with Gasteiger partial charge < -0.3 is 4.74 Å². The van der Waals surface area contributed by atoms with Gasteiger partial charge in [-0.05, 0) is 18.6 Å². The Hall–Kier alpha value is -1.50. The SMILES string of the molecule is C=CC=COCc1ccc(C)cc1. The highest BCUT2D eigenvalue weighted by atomic mass is 16.5. The summed E-state index contributed by atoms with van der Waals surface area (Å²) in [7, 11) is 0. The molecule has 1 aromatic carbocycles. The average molecular weight is 174 g/mol. The molecule has 0 N–H and O–H groups in total. The second-order valence-corrected chi connectivity index (χ2v) is 2.86. The van der Waals surface area contributed by atoms with Gasteiger partial charge in [-0.3, -0.25) is 0 Å². The van der Waals surface area contributed by atoms with Crippen molar-refractivity contribution in [1.29, 1.82) is 0 Å². The van der Waals surface area contributed by atoms with E-state index in [2.05, 4.69) is 37.8 Å². The van der Waals surface area contributed by atoms with Crippen molar-refractivity contribution in [1.82, 2.24) is 0 Å². The van der Waals surface area contributed by atoms with E-state index in [9.17, 15) is 0 Å². The lowest BCUT2D eigenvalue weighted by atomic mass is 10.2. The van der Waals surface area contributed by atoms with Crippen molar-refractivity contribution in [3.63, 3.8) is 0 Å². The van der Waals surface area contributed by atoms with E-state index in [0.717, 1.165) is 0 Å². The molecule has 0 saturated carbocycles. The van der Waals surface area contributed by atoms with Gasteiger partial charge >= 0.3 is 0 Å². The lowest BCUT2D eigenvalue weighted by Gasteiger charge is -2.00. The molecule has 0 atom stereocenters. The second kappa shape index (κ2) is 5.20. The van der Waals surface area contributed by atoms with E-state index in [4.69, 9.17) is 4.74 Å². The molecule has 0 fully saturated rings. The third kappa shape index (κ3) is 3.61. The molecule has 1 nitrogen and oxygen atoms in total. The molecule has 0 aliphatic rings. The summed E-state index contributed by atoms with van der Waals surface area (Å²) in [6.07, 6.45) is 5.11. The van der Waals surface area contributed by atoms with Crippen LogP contribution in [0.25, 0.3) is 0 Å². The van der Waals surface area contributed by atoms with E-state index in [-0.39, 0.29) is 0 Å².